The summed E-state index contributed by atoms with van der Waals surface area (Å²) in [6.45, 7) is 0.473. The summed E-state index contributed by atoms with van der Waals surface area (Å²) in [6.07, 6.45) is 0. The molecule has 0 spiro atoms. The monoisotopic (exact) mass is 224 g/mol. The van der Waals surface area contributed by atoms with Crippen LogP contribution in [0.5, 0.6) is 23.5 Å². The molecular formula is C10H12N2O4. The van der Waals surface area contributed by atoms with Gasteiger partial charge >= 0.3 is 0 Å². The molecule has 86 valence electrons. The first-order chi connectivity index (χ1) is 7.59. The fourth-order valence-electron chi connectivity index (χ4n) is 1.55. The minimum atomic E-state index is -0.0661. The summed E-state index contributed by atoms with van der Waals surface area (Å²) in [5, 5.41) is 37.5. The van der Waals surface area contributed by atoms with E-state index in [0.29, 0.717) is 0 Å². The molecule has 0 aromatic carbocycles. The van der Waals surface area contributed by atoms with Gasteiger partial charge < -0.3 is 20.4 Å². The summed E-state index contributed by atoms with van der Waals surface area (Å²) in [5.74, 6) is -0.264. The minimum absolute atomic E-state index is 0.0661. The van der Waals surface area contributed by atoms with E-state index in [1.807, 2.05) is 0 Å². The van der Waals surface area contributed by atoms with Crippen LogP contribution in [0.15, 0.2) is 24.3 Å². The lowest BCUT2D eigenvalue weighted by Gasteiger charge is -2.09. The van der Waals surface area contributed by atoms with Crippen LogP contribution in [0.2, 0.25) is 0 Å². The predicted molar refractivity (Wildman–Crippen MR) is 55.5 cm³/mol. The van der Waals surface area contributed by atoms with Crippen LogP contribution in [0.25, 0.3) is 0 Å². The van der Waals surface area contributed by atoms with E-state index in [0.717, 1.165) is 0 Å². The summed E-state index contributed by atoms with van der Waals surface area (Å²) >= 11 is 0. The van der Waals surface area contributed by atoms with E-state index in [1.165, 1.54) is 33.4 Å². The Hall–Kier alpha value is -2.24. The van der Waals surface area contributed by atoms with Crippen LogP contribution >= 0.6 is 0 Å². The Bertz CT molecular complexity index is 416. The van der Waals surface area contributed by atoms with E-state index in [9.17, 15) is 20.4 Å². The van der Waals surface area contributed by atoms with Crippen LogP contribution in [-0.4, -0.2) is 29.6 Å². The van der Waals surface area contributed by atoms with Crippen molar-refractivity contribution in [3.05, 3.63) is 24.3 Å². The second-order valence-electron chi connectivity index (χ2n) is 3.40. The average molecular weight is 224 g/mol. The number of hydrogen-bond acceptors (Lipinski definition) is 4. The summed E-state index contributed by atoms with van der Waals surface area (Å²) < 4.78 is 2.53. The summed E-state index contributed by atoms with van der Waals surface area (Å²) in [6, 6.07) is 5.46. The van der Waals surface area contributed by atoms with Crippen LogP contribution in [0, 0.1) is 0 Å². The highest BCUT2D eigenvalue weighted by atomic mass is 16.3. The highest BCUT2D eigenvalue weighted by Crippen LogP contribution is 2.24. The maximum Gasteiger partial charge on any atom is 0.193 e. The van der Waals surface area contributed by atoms with Crippen molar-refractivity contribution in [3.8, 4) is 23.5 Å². The SMILES string of the molecule is Oc1ccc(O)n1CCn1c(O)ccc1O. The van der Waals surface area contributed by atoms with Crippen LogP contribution in [0.4, 0.5) is 0 Å². The fraction of sp³-hybridized carbons (Fsp3) is 0.200. The highest BCUT2D eigenvalue weighted by molar-refractivity contribution is 5.25. The van der Waals surface area contributed by atoms with E-state index in [2.05, 4.69) is 0 Å². The van der Waals surface area contributed by atoms with Gasteiger partial charge in [0, 0.05) is 37.4 Å². The number of hydrogen-bond donors (Lipinski definition) is 4. The fourth-order valence-corrected chi connectivity index (χ4v) is 1.55. The molecular weight excluding hydrogens is 212 g/mol. The van der Waals surface area contributed by atoms with Crippen molar-refractivity contribution < 1.29 is 20.4 Å². The van der Waals surface area contributed by atoms with E-state index in [1.54, 1.807) is 0 Å². The summed E-state index contributed by atoms with van der Waals surface area (Å²) in [4.78, 5) is 0. The van der Waals surface area contributed by atoms with Crippen molar-refractivity contribution in [1.82, 2.24) is 9.13 Å². The molecule has 2 rings (SSSR count). The van der Waals surface area contributed by atoms with Crippen molar-refractivity contribution in [2.24, 2.45) is 0 Å². The molecule has 0 aliphatic rings. The maximum atomic E-state index is 9.37. The molecule has 2 heterocycles. The Morgan fingerprint density at radius 2 is 0.875 bits per heavy atom. The van der Waals surface area contributed by atoms with Crippen LogP contribution in [-0.2, 0) is 13.1 Å². The molecule has 0 aliphatic heterocycles. The van der Waals surface area contributed by atoms with E-state index in [4.69, 9.17) is 0 Å². The average Bonchev–Trinajstić information content (AvgIpc) is 2.72. The third kappa shape index (κ3) is 1.65. The molecule has 16 heavy (non-hydrogen) atoms. The van der Waals surface area contributed by atoms with Gasteiger partial charge in [-0.2, -0.15) is 0 Å². The molecule has 6 nitrogen and oxygen atoms in total. The molecule has 0 amide bonds. The molecule has 0 saturated carbocycles. The van der Waals surface area contributed by atoms with Gasteiger partial charge in [0.15, 0.2) is 23.5 Å². The Morgan fingerprint density at radius 3 is 1.12 bits per heavy atom. The normalized spacial score (nSPS) is 10.8. The Kier molecular flexibility index (Phi) is 2.40. The van der Waals surface area contributed by atoms with Crippen LogP contribution in [0.1, 0.15) is 0 Å². The minimum Gasteiger partial charge on any atom is -0.494 e. The second kappa shape index (κ2) is 3.73. The molecule has 0 fully saturated rings. The number of nitrogens with zero attached hydrogens (tertiary/aromatic N) is 2. The van der Waals surface area contributed by atoms with Crippen molar-refractivity contribution in [1.29, 1.82) is 0 Å². The largest absolute Gasteiger partial charge is 0.494 e. The Balaban J connectivity index is 2.14. The molecule has 0 atom stereocenters. The zero-order chi connectivity index (χ0) is 11.7. The quantitative estimate of drug-likeness (QED) is 0.621. The lowest BCUT2D eigenvalue weighted by molar-refractivity contribution is 0.331. The third-order valence-electron chi connectivity index (χ3n) is 2.42. The van der Waals surface area contributed by atoms with Crippen molar-refractivity contribution in [3.63, 3.8) is 0 Å². The molecule has 2 aromatic rings. The zero-order valence-electron chi connectivity index (χ0n) is 8.41. The van der Waals surface area contributed by atoms with Gasteiger partial charge in [0.2, 0.25) is 0 Å². The molecule has 0 saturated heterocycles. The van der Waals surface area contributed by atoms with Gasteiger partial charge in [-0.1, -0.05) is 0 Å². The van der Waals surface area contributed by atoms with Crippen molar-refractivity contribution >= 4 is 0 Å². The Labute approximate surface area is 91.2 Å². The first-order valence-electron chi connectivity index (χ1n) is 4.74. The third-order valence-corrected chi connectivity index (χ3v) is 2.42. The molecule has 6 heteroatoms. The van der Waals surface area contributed by atoms with Gasteiger partial charge in [0.1, 0.15) is 0 Å². The van der Waals surface area contributed by atoms with Gasteiger partial charge in [-0.25, -0.2) is 0 Å². The molecule has 0 radical (unpaired) electrons. The summed E-state index contributed by atoms with van der Waals surface area (Å²) in [7, 11) is 0. The Morgan fingerprint density at radius 1 is 0.625 bits per heavy atom. The van der Waals surface area contributed by atoms with E-state index in [-0.39, 0.29) is 36.6 Å². The molecule has 4 N–H and O–H groups in total. The topological polar surface area (TPSA) is 90.8 Å². The van der Waals surface area contributed by atoms with Gasteiger partial charge in [-0.15, -0.1) is 0 Å². The first-order valence-corrected chi connectivity index (χ1v) is 4.74. The lowest BCUT2D eigenvalue weighted by Crippen LogP contribution is -2.05. The molecule has 2 aromatic heterocycles. The first kappa shape index (κ1) is 10.3. The predicted octanol–water partition coefficient (Wildman–Crippen LogP) is 0.812. The number of aromatic hydroxyl groups is 4. The van der Waals surface area contributed by atoms with Gasteiger partial charge in [-0.05, 0) is 0 Å². The standard InChI is InChI=1S/C10H12N2O4/c13-7-1-2-8(14)11(7)5-6-12-9(15)3-4-10(12)16/h1-4,13-16H,5-6H2. The molecule has 0 unspecified atom stereocenters. The number of rotatable bonds is 3. The lowest BCUT2D eigenvalue weighted by atomic mass is 10.5. The maximum absolute atomic E-state index is 9.37. The molecule has 0 bridgehead atoms. The van der Waals surface area contributed by atoms with Gasteiger partial charge in [-0.3, -0.25) is 9.13 Å². The van der Waals surface area contributed by atoms with Crippen LogP contribution < -0.4 is 0 Å². The second-order valence-corrected chi connectivity index (χ2v) is 3.40. The smallest absolute Gasteiger partial charge is 0.193 e. The molecule has 0 aliphatic carbocycles. The van der Waals surface area contributed by atoms with Crippen molar-refractivity contribution in [2.75, 3.05) is 0 Å². The van der Waals surface area contributed by atoms with E-state index >= 15 is 0 Å². The van der Waals surface area contributed by atoms with Gasteiger partial charge in [0.25, 0.3) is 0 Å². The van der Waals surface area contributed by atoms with Crippen LogP contribution in [0.3, 0.4) is 0 Å². The zero-order valence-corrected chi connectivity index (χ0v) is 8.41. The number of aromatic nitrogens is 2. The van der Waals surface area contributed by atoms with Crippen molar-refractivity contribution in [2.45, 2.75) is 13.1 Å². The summed E-state index contributed by atoms with van der Waals surface area (Å²) in [5.41, 5.74) is 0. The highest BCUT2D eigenvalue weighted by Gasteiger charge is 2.09. The van der Waals surface area contributed by atoms with Gasteiger partial charge in [0.05, 0.1) is 0 Å². The van der Waals surface area contributed by atoms with E-state index < -0.39 is 0 Å².